The van der Waals surface area contributed by atoms with Gasteiger partial charge in [-0.25, -0.2) is 4.98 Å². The van der Waals surface area contributed by atoms with Gasteiger partial charge in [0.2, 0.25) is 5.89 Å². The highest BCUT2D eigenvalue weighted by Crippen LogP contribution is 2.20. The fourth-order valence-corrected chi connectivity index (χ4v) is 4.21. The number of carbonyl (C=O) groups excluding carboxylic acids is 1. The molecule has 7 heteroatoms. The molecule has 5 aromatic rings. The Hall–Kier alpha value is -4.10. The first-order chi connectivity index (χ1) is 17.2. The molecular weight excluding hydrogens is 440 g/mol. The number of fused-ring (bicyclic) bond motifs is 1. The topological polar surface area (TPSA) is 87.3 Å². The van der Waals surface area contributed by atoms with Gasteiger partial charge in [-0.05, 0) is 48.2 Å². The Balaban J connectivity index is 1.28. The molecule has 3 aromatic heterocycles. The van der Waals surface area contributed by atoms with Crippen molar-refractivity contribution in [3.63, 3.8) is 0 Å². The molecule has 7 nitrogen and oxygen atoms in total. The summed E-state index contributed by atoms with van der Waals surface area (Å²) in [6, 6.07) is 20.3. The summed E-state index contributed by atoms with van der Waals surface area (Å²) in [5.41, 5.74) is 5.19. The van der Waals surface area contributed by atoms with E-state index in [1.807, 2.05) is 12.1 Å². The Labute approximate surface area is 203 Å². The van der Waals surface area contributed by atoms with Gasteiger partial charge in [0.05, 0.1) is 19.4 Å². The molecule has 0 saturated heterocycles. The molecule has 5 rings (SSSR count). The highest BCUT2D eigenvalue weighted by Gasteiger charge is 2.17. The maximum atomic E-state index is 12.5. The number of oxazole rings is 1. The number of nitrogens with one attached hydrogen (secondary N) is 2. The fourth-order valence-electron chi connectivity index (χ4n) is 4.21. The predicted molar refractivity (Wildman–Crippen MR) is 134 cm³/mol. The second-order valence-corrected chi connectivity index (χ2v) is 8.64. The Bertz CT molecular complexity index is 1400. The highest BCUT2D eigenvalue weighted by molar-refractivity contribution is 5.91. The Morgan fingerprint density at radius 3 is 2.71 bits per heavy atom. The molecule has 0 aliphatic heterocycles. The van der Waals surface area contributed by atoms with Crippen molar-refractivity contribution in [1.29, 1.82) is 0 Å². The molecule has 0 radical (unpaired) electrons. The van der Waals surface area contributed by atoms with Crippen LogP contribution in [0.5, 0.6) is 0 Å². The van der Waals surface area contributed by atoms with Crippen molar-refractivity contribution < 1.29 is 13.6 Å². The number of aromatic amines is 1. The van der Waals surface area contributed by atoms with Crippen molar-refractivity contribution in [3.8, 4) is 0 Å². The van der Waals surface area contributed by atoms with Gasteiger partial charge in [0.25, 0.3) is 5.91 Å². The third kappa shape index (κ3) is 5.53. The number of para-hydroxylation sites is 1. The average molecular weight is 469 g/mol. The first-order valence-corrected chi connectivity index (χ1v) is 11.7. The molecule has 0 aliphatic carbocycles. The lowest BCUT2D eigenvalue weighted by Crippen LogP contribution is -2.26. The number of H-pyrrole nitrogens is 1. The number of benzene rings is 2. The Kier molecular flexibility index (Phi) is 6.77. The zero-order valence-corrected chi connectivity index (χ0v) is 19.7. The van der Waals surface area contributed by atoms with Crippen LogP contribution in [0.4, 0.5) is 0 Å². The van der Waals surface area contributed by atoms with Crippen LogP contribution in [0.2, 0.25) is 0 Å². The lowest BCUT2D eigenvalue weighted by molar-refractivity contribution is 0.0943. The number of hydrogen-bond acceptors (Lipinski definition) is 5. The van der Waals surface area contributed by atoms with E-state index in [1.165, 1.54) is 28.3 Å². The maximum absolute atomic E-state index is 12.5. The number of nitrogens with zero attached hydrogens (tertiary/aromatic N) is 2. The molecule has 0 spiro atoms. The SMILES string of the molecule is Cc1ccccc1CN(CCc1c[nH]c2ccccc12)Cc1nc(C(=O)NCc2ccco2)co1. The minimum Gasteiger partial charge on any atom is -0.467 e. The summed E-state index contributed by atoms with van der Waals surface area (Å²) in [5, 5.41) is 4.05. The average Bonchev–Trinajstić information content (AvgIpc) is 3.64. The van der Waals surface area contributed by atoms with Crippen LogP contribution < -0.4 is 5.32 Å². The number of rotatable bonds is 10. The van der Waals surface area contributed by atoms with Crippen molar-refractivity contribution in [2.45, 2.75) is 33.0 Å². The number of furan rings is 1. The smallest absolute Gasteiger partial charge is 0.273 e. The molecule has 0 aliphatic rings. The summed E-state index contributed by atoms with van der Waals surface area (Å²) in [6.45, 7) is 4.51. The quantitative estimate of drug-likeness (QED) is 0.293. The Morgan fingerprint density at radius 2 is 1.86 bits per heavy atom. The molecule has 0 bridgehead atoms. The van der Waals surface area contributed by atoms with E-state index < -0.39 is 0 Å². The van der Waals surface area contributed by atoms with Gasteiger partial charge in [-0.3, -0.25) is 9.69 Å². The van der Waals surface area contributed by atoms with E-state index >= 15 is 0 Å². The van der Waals surface area contributed by atoms with Crippen molar-refractivity contribution in [2.24, 2.45) is 0 Å². The van der Waals surface area contributed by atoms with Crippen LogP contribution in [0.3, 0.4) is 0 Å². The highest BCUT2D eigenvalue weighted by atomic mass is 16.3. The molecule has 0 fully saturated rings. The number of hydrogen-bond donors (Lipinski definition) is 2. The fraction of sp³-hybridized carbons (Fsp3) is 0.214. The van der Waals surface area contributed by atoms with Gasteiger partial charge in [-0.15, -0.1) is 0 Å². The zero-order valence-electron chi connectivity index (χ0n) is 19.7. The van der Waals surface area contributed by atoms with Gasteiger partial charge in [0, 0.05) is 30.2 Å². The molecule has 35 heavy (non-hydrogen) atoms. The van der Waals surface area contributed by atoms with Gasteiger partial charge in [0.1, 0.15) is 12.0 Å². The third-order valence-electron chi connectivity index (χ3n) is 6.17. The number of aromatic nitrogens is 2. The van der Waals surface area contributed by atoms with Gasteiger partial charge in [-0.1, -0.05) is 42.5 Å². The minimum absolute atomic E-state index is 0.263. The lowest BCUT2D eigenvalue weighted by atomic mass is 10.1. The summed E-state index contributed by atoms with van der Waals surface area (Å²) in [7, 11) is 0. The molecule has 2 aromatic carbocycles. The molecule has 2 N–H and O–H groups in total. The van der Waals surface area contributed by atoms with Gasteiger partial charge >= 0.3 is 0 Å². The summed E-state index contributed by atoms with van der Waals surface area (Å²) in [6.07, 6.45) is 5.96. The lowest BCUT2D eigenvalue weighted by Gasteiger charge is -2.22. The van der Waals surface area contributed by atoms with Crippen LogP contribution in [0, 0.1) is 6.92 Å². The van der Waals surface area contributed by atoms with Crippen molar-refractivity contribution in [2.75, 3.05) is 6.54 Å². The van der Waals surface area contributed by atoms with Crippen LogP contribution >= 0.6 is 0 Å². The first kappa shape index (κ1) is 22.7. The molecule has 1 amide bonds. The molecule has 3 heterocycles. The van der Waals surface area contributed by atoms with Gasteiger partial charge in [-0.2, -0.15) is 0 Å². The van der Waals surface area contributed by atoms with E-state index in [0.29, 0.717) is 24.7 Å². The predicted octanol–water partition coefficient (Wildman–Crippen LogP) is 5.23. The summed E-state index contributed by atoms with van der Waals surface area (Å²) in [5.74, 6) is 0.907. The standard InChI is InChI=1S/C28H28N4O3/c1-20-7-2-3-8-22(20)17-32(13-12-21-15-29-25-11-5-4-10-24(21)25)18-27-31-26(19-35-27)28(33)30-16-23-9-6-14-34-23/h2-11,14-15,19,29H,12-13,16-18H2,1H3,(H,30,33). The van der Waals surface area contributed by atoms with Crippen molar-refractivity contribution in [1.82, 2.24) is 20.2 Å². The molecular formula is C28H28N4O3. The summed E-state index contributed by atoms with van der Waals surface area (Å²) >= 11 is 0. The second kappa shape index (κ2) is 10.4. The number of amides is 1. The van der Waals surface area contributed by atoms with E-state index in [2.05, 4.69) is 75.8 Å². The van der Waals surface area contributed by atoms with Crippen LogP contribution in [0.15, 0.2) is 88.2 Å². The van der Waals surface area contributed by atoms with E-state index in [9.17, 15) is 4.79 Å². The number of carbonyl (C=O) groups is 1. The van der Waals surface area contributed by atoms with Gasteiger partial charge in [0.15, 0.2) is 5.69 Å². The minimum atomic E-state index is -0.291. The normalized spacial score (nSPS) is 11.4. The van der Waals surface area contributed by atoms with E-state index in [4.69, 9.17) is 8.83 Å². The van der Waals surface area contributed by atoms with Crippen LogP contribution in [0.25, 0.3) is 10.9 Å². The first-order valence-electron chi connectivity index (χ1n) is 11.7. The van der Waals surface area contributed by atoms with Crippen LogP contribution in [0.1, 0.15) is 38.8 Å². The molecule has 0 unspecified atom stereocenters. The van der Waals surface area contributed by atoms with Crippen molar-refractivity contribution in [3.05, 3.63) is 113 Å². The molecule has 0 saturated carbocycles. The molecule has 178 valence electrons. The third-order valence-corrected chi connectivity index (χ3v) is 6.17. The summed E-state index contributed by atoms with van der Waals surface area (Å²) in [4.78, 5) is 22.6. The zero-order chi connectivity index (χ0) is 24.0. The van der Waals surface area contributed by atoms with Gasteiger partial charge < -0.3 is 19.1 Å². The van der Waals surface area contributed by atoms with E-state index in [-0.39, 0.29) is 11.6 Å². The summed E-state index contributed by atoms with van der Waals surface area (Å²) < 4.78 is 10.9. The Morgan fingerprint density at radius 1 is 1.00 bits per heavy atom. The monoisotopic (exact) mass is 468 g/mol. The second-order valence-electron chi connectivity index (χ2n) is 8.64. The van der Waals surface area contributed by atoms with E-state index in [1.54, 1.807) is 12.3 Å². The van der Waals surface area contributed by atoms with Crippen LogP contribution in [-0.2, 0) is 26.1 Å². The number of aryl methyl sites for hydroxylation is 1. The van der Waals surface area contributed by atoms with Crippen molar-refractivity contribution >= 4 is 16.8 Å². The maximum Gasteiger partial charge on any atom is 0.273 e. The van der Waals surface area contributed by atoms with Crippen LogP contribution in [-0.4, -0.2) is 27.3 Å². The largest absolute Gasteiger partial charge is 0.467 e. The molecule has 0 atom stereocenters. The van der Waals surface area contributed by atoms with E-state index in [0.717, 1.165) is 25.0 Å².